The molecule has 1 spiro atoms. The van der Waals surface area contributed by atoms with Crippen LogP contribution in [0.15, 0.2) is 12.1 Å². The van der Waals surface area contributed by atoms with Gasteiger partial charge < -0.3 is 9.64 Å². The Bertz CT molecular complexity index is 539. The van der Waals surface area contributed by atoms with E-state index in [1.807, 2.05) is 0 Å². The van der Waals surface area contributed by atoms with E-state index in [9.17, 15) is 0 Å². The molecule has 3 fully saturated rings. The lowest BCUT2D eigenvalue weighted by atomic mass is 9.71. The second-order valence-electron chi connectivity index (χ2n) is 7.45. The molecule has 0 amide bonds. The summed E-state index contributed by atoms with van der Waals surface area (Å²) in [5.74, 6) is 0.505. The van der Waals surface area contributed by atoms with Crippen molar-refractivity contribution in [3.63, 3.8) is 0 Å². The van der Waals surface area contributed by atoms with Gasteiger partial charge in [0.05, 0.1) is 30.6 Å². The van der Waals surface area contributed by atoms with Gasteiger partial charge in [-0.3, -0.25) is 9.88 Å². The fourth-order valence-corrected chi connectivity index (χ4v) is 3.87. The summed E-state index contributed by atoms with van der Waals surface area (Å²) in [6, 6.07) is 5.16. The van der Waals surface area contributed by atoms with Gasteiger partial charge in [-0.15, -0.1) is 0 Å². The molecular weight excluding hydrogens is 262 g/mol. The molecule has 0 N–H and O–H groups in total. The third kappa shape index (κ3) is 2.16. The highest BCUT2D eigenvalue weighted by atomic mass is 16.5. The molecule has 21 heavy (non-hydrogen) atoms. The predicted octanol–water partition coefficient (Wildman–Crippen LogP) is 2.03. The maximum atomic E-state index is 5.29. The van der Waals surface area contributed by atoms with Gasteiger partial charge in [-0.1, -0.05) is 13.8 Å². The van der Waals surface area contributed by atoms with Crippen molar-refractivity contribution in [2.45, 2.75) is 32.7 Å². The minimum absolute atomic E-state index is 0.505. The van der Waals surface area contributed by atoms with Crippen molar-refractivity contribution in [2.75, 3.05) is 44.3 Å². The average molecular weight is 287 g/mol. The fourth-order valence-electron chi connectivity index (χ4n) is 3.87. The Kier molecular flexibility index (Phi) is 3.02. The number of likely N-dealkylation sites (tertiary alicyclic amines) is 1. The first kappa shape index (κ1) is 13.5. The lowest BCUT2D eigenvalue weighted by Crippen LogP contribution is -2.75. The van der Waals surface area contributed by atoms with Crippen molar-refractivity contribution in [2.24, 2.45) is 5.41 Å². The first-order valence-electron chi connectivity index (χ1n) is 8.11. The van der Waals surface area contributed by atoms with Gasteiger partial charge in [0.2, 0.25) is 0 Å². The smallest absolute Gasteiger partial charge is 0.0645 e. The third-order valence-electron chi connectivity index (χ3n) is 5.28. The Morgan fingerprint density at radius 1 is 1.19 bits per heavy atom. The fraction of sp³-hybridized carbons (Fsp3) is 0.706. The molecule has 0 bridgehead atoms. The van der Waals surface area contributed by atoms with E-state index in [2.05, 4.69) is 42.7 Å². The van der Waals surface area contributed by atoms with Gasteiger partial charge in [0, 0.05) is 37.3 Å². The average Bonchev–Trinajstić information content (AvgIpc) is 2.28. The number of hydrogen-bond donors (Lipinski definition) is 0. The van der Waals surface area contributed by atoms with Gasteiger partial charge in [0.15, 0.2) is 0 Å². The van der Waals surface area contributed by atoms with Crippen molar-refractivity contribution in [3.8, 4) is 0 Å². The van der Waals surface area contributed by atoms with Gasteiger partial charge in [0.1, 0.15) is 0 Å². The zero-order valence-electron chi connectivity index (χ0n) is 13.3. The van der Waals surface area contributed by atoms with Crippen LogP contribution in [0.25, 0.3) is 0 Å². The van der Waals surface area contributed by atoms with Gasteiger partial charge in [-0.25, -0.2) is 0 Å². The molecular formula is C17H25N3O. The molecule has 0 radical (unpaired) electrons. The predicted molar refractivity (Wildman–Crippen MR) is 83.9 cm³/mol. The molecule has 4 heterocycles. The molecule has 3 aliphatic rings. The highest BCUT2D eigenvalue weighted by Crippen LogP contribution is 2.43. The van der Waals surface area contributed by atoms with E-state index in [4.69, 9.17) is 9.72 Å². The lowest BCUT2D eigenvalue weighted by Gasteiger charge is -2.63. The van der Waals surface area contributed by atoms with Crippen molar-refractivity contribution in [3.05, 3.63) is 23.5 Å². The highest BCUT2D eigenvalue weighted by Gasteiger charge is 2.54. The Balaban J connectivity index is 1.37. The Hall–Kier alpha value is -1.13. The van der Waals surface area contributed by atoms with E-state index in [0.29, 0.717) is 17.4 Å². The summed E-state index contributed by atoms with van der Waals surface area (Å²) in [5.41, 5.74) is 4.26. The molecule has 4 nitrogen and oxygen atoms in total. The number of aromatic nitrogens is 1. The van der Waals surface area contributed by atoms with Crippen molar-refractivity contribution in [1.82, 2.24) is 9.88 Å². The molecule has 0 saturated carbocycles. The molecule has 4 rings (SSSR count). The van der Waals surface area contributed by atoms with Gasteiger partial charge in [0.25, 0.3) is 0 Å². The second kappa shape index (κ2) is 4.68. The first-order valence-corrected chi connectivity index (χ1v) is 8.11. The molecule has 1 aromatic rings. The van der Waals surface area contributed by atoms with E-state index in [0.717, 1.165) is 13.2 Å². The molecule has 0 aromatic carbocycles. The van der Waals surface area contributed by atoms with E-state index in [1.165, 1.54) is 43.3 Å². The summed E-state index contributed by atoms with van der Waals surface area (Å²) in [4.78, 5) is 9.86. The lowest BCUT2D eigenvalue weighted by molar-refractivity contribution is -0.137. The summed E-state index contributed by atoms with van der Waals surface area (Å²) in [6.07, 6.45) is 0. The maximum Gasteiger partial charge on any atom is 0.0645 e. The molecule has 0 unspecified atom stereocenters. The number of ether oxygens (including phenoxy) is 1. The van der Waals surface area contributed by atoms with Crippen LogP contribution in [0, 0.1) is 12.3 Å². The molecule has 0 aliphatic carbocycles. The van der Waals surface area contributed by atoms with E-state index in [-0.39, 0.29) is 0 Å². The number of nitrogens with zero attached hydrogens (tertiary/aromatic N) is 3. The van der Waals surface area contributed by atoms with Crippen LogP contribution in [0.2, 0.25) is 0 Å². The summed E-state index contributed by atoms with van der Waals surface area (Å²) in [5, 5.41) is 0. The van der Waals surface area contributed by atoms with Crippen LogP contribution in [0.1, 0.15) is 31.2 Å². The zero-order valence-corrected chi connectivity index (χ0v) is 13.3. The highest BCUT2D eigenvalue weighted by molar-refractivity contribution is 5.54. The Morgan fingerprint density at radius 2 is 1.90 bits per heavy atom. The number of pyridine rings is 1. The molecule has 3 saturated heterocycles. The molecule has 0 atom stereocenters. The first-order chi connectivity index (χ1) is 10.1. The van der Waals surface area contributed by atoms with Crippen molar-refractivity contribution < 1.29 is 4.74 Å². The van der Waals surface area contributed by atoms with Crippen LogP contribution in [0.5, 0.6) is 0 Å². The number of rotatable bonds is 3. The molecule has 4 heteroatoms. The molecule has 3 aliphatic heterocycles. The van der Waals surface area contributed by atoms with Crippen LogP contribution >= 0.6 is 0 Å². The summed E-state index contributed by atoms with van der Waals surface area (Å²) >= 11 is 0. The monoisotopic (exact) mass is 287 g/mol. The van der Waals surface area contributed by atoms with Crippen molar-refractivity contribution >= 4 is 5.69 Å². The van der Waals surface area contributed by atoms with Crippen LogP contribution in [-0.2, 0) is 4.74 Å². The Morgan fingerprint density at radius 3 is 2.43 bits per heavy atom. The minimum atomic E-state index is 0.505. The van der Waals surface area contributed by atoms with E-state index < -0.39 is 0 Å². The Labute approximate surface area is 127 Å². The van der Waals surface area contributed by atoms with Crippen LogP contribution < -0.4 is 4.90 Å². The largest absolute Gasteiger partial charge is 0.378 e. The van der Waals surface area contributed by atoms with Crippen LogP contribution in [-0.4, -0.2) is 55.3 Å². The standard InChI is InChI=1S/C17H25N3O/c1-12(2)15-4-5-16(13(3)18-15)20-10-17(11-20)8-19(9-17)14-6-21-7-14/h4-5,12,14H,6-11H2,1-3H3. The molecule has 1 aromatic heterocycles. The van der Waals surface area contributed by atoms with Crippen molar-refractivity contribution in [1.29, 1.82) is 0 Å². The topological polar surface area (TPSA) is 28.6 Å². The second-order valence-corrected chi connectivity index (χ2v) is 7.45. The number of anilines is 1. The molecule has 114 valence electrons. The summed E-state index contributed by atoms with van der Waals surface area (Å²) < 4.78 is 5.29. The van der Waals surface area contributed by atoms with E-state index in [1.54, 1.807) is 0 Å². The number of hydrogen-bond acceptors (Lipinski definition) is 4. The van der Waals surface area contributed by atoms with Gasteiger partial charge in [-0.05, 0) is 25.0 Å². The summed E-state index contributed by atoms with van der Waals surface area (Å²) in [6.45, 7) is 13.3. The minimum Gasteiger partial charge on any atom is -0.378 e. The van der Waals surface area contributed by atoms with Gasteiger partial charge >= 0.3 is 0 Å². The van der Waals surface area contributed by atoms with Crippen LogP contribution in [0.3, 0.4) is 0 Å². The summed E-state index contributed by atoms with van der Waals surface area (Å²) in [7, 11) is 0. The third-order valence-corrected chi connectivity index (χ3v) is 5.28. The number of aryl methyl sites for hydroxylation is 1. The zero-order chi connectivity index (χ0) is 14.6. The SMILES string of the molecule is Cc1nc(C(C)C)ccc1N1CC2(C1)CN(C1COC1)C2. The van der Waals surface area contributed by atoms with E-state index >= 15 is 0 Å². The maximum absolute atomic E-state index is 5.29. The van der Waals surface area contributed by atoms with Crippen LogP contribution in [0.4, 0.5) is 5.69 Å². The quantitative estimate of drug-likeness (QED) is 0.850. The normalized spacial score (nSPS) is 24.9. The van der Waals surface area contributed by atoms with Gasteiger partial charge in [-0.2, -0.15) is 0 Å².